The maximum Gasteiger partial charge on any atom is 0.153 e. The minimum Gasteiger partial charge on any atom is -0.378 e. The lowest BCUT2D eigenvalue weighted by Gasteiger charge is -2.06. The quantitative estimate of drug-likeness (QED) is 0.790. The standard InChI is InChI=1S/C12H22N2O3S2/c1-9(2)5-13-6-11-10(7-17-3)14-12(18-11)8-19(4,15)16/h9,13H,5-8H2,1-4H3. The number of sulfone groups is 1. The number of hydrogen-bond donors (Lipinski definition) is 1. The zero-order chi connectivity index (χ0) is 14.5. The lowest BCUT2D eigenvalue weighted by atomic mass is 10.2. The number of hydrogen-bond acceptors (Lipinski definition) is 6. The summed E-state index contributed by atoms with van der Waals surface area (Å²) in [6, 6.07) is 0. The molecule has 19 heavy (non-hydrogen) atoms. The molecule has 110 valence electrons. The lowest BCUT2D eigenvalue weighted by Crippen LogP contribution is -2.19. The van der Waals surface area contributed by atoms with E-state index < -0.39 is 9.84 Å². The average molecular weight is 306 g/mol. The number of ether oxygens (including phenoxy) is 1. The first-order chi connectivity index (χ1) is 8.81. The highest BCUT2D eigenvalue weighted by Gasteiger charge is 2.14. The first-order valence-corrected chi connectivity index (χ1v) is 9.04. The Hall–Kier alpha value is -0.500. The molecule has 0 saturated heterocycles. The van der Waals surface area contributed by atoms with Crippen LogP contribution in [0.4, 0.5) is 0 Å². The van der Waals surface area contributed by atoms with Gasteiger partial charge in [-0.1, -0.05) is 13.8 Å². The predicted molar refractivity (Wildman–Crippen MR) is 77.9 cm³/mol. The summed E-state index contributed by atoms with van der Waals surface area (Å²) in [4.78, 5) is 5.41. The van der Waals surface area contributed by atoms with E-state index >= 15 is 0 Å². The van der Waals surface area contributed by atoms with Crippen molar-refractivity contribution in [2.24, 2.45) is 5.92 Å². The van der Waals surface area contributed by atoms with Gasteiger partial charge in [0.25, 0.3) is 0 Å². The lowest BCUT2D eigenvalue weighted by molar-refractivity contribution is 0.181. The Labute approximate surface area is 119 Å². The zero-order valence-electron chi connectivity index (χ0n) is 11.9. The van der Waals surface area contributed by atoms with E-state index in [0.29, 0.717) is 24.1 Å². The van der Waals surface area contributed by atoms with E-state index in [1.54, 1.807) is 7.11 Å². The summed E-state index contributed by atoms with van der Waals surface area (Å²) in [6.45, 7) is 6.33. The van der Waals surface area contributed by atoms with Crippen LogP contribution < -0.4 is 5.32 Å². The van der Waals surface area contributed by atoms with Crippen LogP contribution in [0.2, 0.25) is 0 Å². The van der Waals surface area contributed by atoms with Gasteiger partial charge < -0.3 is 10.1 Å². The fraction of sp³-hybridized carbons (Fsp3) is 0.750. The second-order valence-electron chi connectivity index (χ2n) is 5.01. The number of thiazole rings is 1. The molecule has 0 aliphatic heterocycles. The van der Waals surface area contributed by atoms with Crippen LogP contribution in [0.5, 0.6) is 0 Å². The summed E-state index contributed by atoms with van der Waals surface area (Å²) in [5.41, 5.74) is 0.836. The van der Waals surface area contributed by atoms with Crippen molar-refractivity contribution in [3.63, 3.8) is 0 Å². The Morgan fingerprint density at radius 2 is 2.11 bits per heavy atom. The molecule has 0 saturated carbocycles. The molecule has 0 bridgehead atoms. The normalized spacial score (nSPS) is 12.3. The third kappa shape index (κ3) is 6.47. The van der Waals surface area contributed by atoms with E-state index in [9.17, 15) is 8.42 Å². The first kappa shape index (κ1) is 16.6. The third-order valence-electron chi connectivity index (χ3n) is 2.33. The zero-order valence-corrected chi connectivity index (χ0v) is 13.5. The number of aromatic nitrogens is 1. The van der Waals surface area contributed by atoms with Gasteiger partial charge in [-0.15, -0.1) is 11.3 Å². The van der Waals surface area contributed by atoms with Crippen LogP contribution in [0.15, 0.2) is 0 Å². The van der Waals surface area contributed by atoms with Gasteiger partial charge in [0.05, 0.1) is 12.3 Å². The van der Waals surface area contributed by atoms with Crippen LogP contribution in [0.3, 0.4) is 0 Å². The summed E-state index contributed by atoms with van der Waals surface area (Å²) in [5, 5.41) is 3.98. The first-order valence-electron chi connectivity index (χ1n) is 6.16. The van der Waals surface area contributed by atoms with Crippen LogP contribution in [-0.4, -0.2) is 33.3 Å². The highest BCUT2D eigenvalue weighted by molar-refractivity contribution is 7.90. The van der Waals surface area contributed by atoms with E-state index in [1.807, 2.05) is 0 Å². The van der Waals surface area contributed by atoms with Crippen LogP contribution >= 0.6 is 11.3 Å². The van der Waals surface area contributed by atoms with Gasteiger partial charge in [0, 0.05) is 24.8 Å². The second-order valence-corrected chi connectivity index (χ2v) is 8.31. The molecular formula is C12H22N2O3S2. The van der Waals surface area contributed by atoms with Crippen molar-refractivity contribution < 1.29 is 13.2 Å². The summed E-state index contributed by atoms with van der Waals surface area (Å²) in [7, 11) is -1.43. The molecule has 1 aromatic rings. The SMILES string of the molecule is COCc1nc(CS(C)(=O)=O)sc1CNCC(C)C. The Kier molecular flexibility index (Phi) is 6.38. The Morgan fingerprint density at radius 1 is 1.42 bits per heavy atom. The predicted octanol–water partition coefficient (Wildman–Crippen LogP) is 1.58. The van der Waals surface area contributed by atoms with E-state index in [1.165, 1.54) is 17.6 Å². The summed E-state index contributed by atoms with van der Waals surface area (Å²) >= 11 is 1.45. The molecule has 0 radical (unpaired) electrons. The Balaban J connectivity index is 2.76. The smallest absolute Gasteiger partial charge is 0.153 e. The second kappa shape index (κ2) is 7.33. The summed E-state index contributed by atoms with van der Waals surface area (Å²) in [5.74, 6) is 0.577. The van der Waals surface area contributed by atoms with Gasteiger partial charge in [-0.3, -0.25) is 0 Å². The van der Waals surface area contributed by atoms with Crippen molar-refractivity contribution in [3.05, 3.63) is 15.6 Å². The number of rotatable bonds is 8. The molecule has 0 spiro atoms. The molecule has 0 aliphatic rings. The Morgan fingerprint density at radius 3 is 2.63 bits per heavy atom. The highest BCUT2D eigenvalue weighted by atomic mass is 32.2. The van der Waals surface area contributed by atoms with Gasteiger partial charge in [-0.05, 0) is 12.5 Å². The van der Waals surface area contributed by atoms with Crippen molar-refractivity contribution in [1.29, 1.82) is 0 Å². The maximum atomic E-state index is 11.3. The fourth-order valence-corrected chi connectivity index (χ4v) is 3.81. The van der Waals surface area contributed by atoms with Crippen LogP contribution in [-0.2, 0) is 33.5 Å². The van der Waals surface area contributed by atoms with Gasteiger partial charge in [-0.2, -0.15) is 0 Å². The molecule has 1 aromatic heterocycles. The van der Waals surface area contributed by atoms with Crippen LogP contribution in [0.1, 0.15) is 29.4 Å². The molecule has 1 heterocycles. The van der Waals surface area contributed by atoms with Gasteiger partial charge >= 0.3 is 0 Å². The van der Waals surface area contributed by atoms with E-state index in [0.717, 1.165) is 17.1 Å². The van der Waals surface area contributed by atoms with E-state index in [-0.39, 0.29) is 5.75 Å². The molecular weight excluding hydrogens is 284 g/mol. The van der Waals surface area contributed by atoms with Gasteiger partial charge in [0.1, 0.15) is 10.8 Å². The molecule has 7 heteroatoms. The average Bonchev–Trinajstić information content (AvgIpc) is 2.58. The van der Waals surface area contributed by atoms with Crippen LogP contribution in [0.25, 0.3) is 0 Å². The minimum absolute atomic E-state index is 0.00143. The molecule has 0 fully saturated rings. The molecule has 5 nitrogen and oxygen atoms in total. The molecule has 0 atom stereocenters. The topological polar surface area (TPSA) is 68.3 Å². The third-order valence-corrected chi connectivity index (χ3v) is 4.41. The number of nitrogens with zero attached hydrogens (tertiary/aromatic N) is 1. The monoisotopic (exact) mass is 306 g/mol. The molecule has 0 unspecified atom stereocenters. The molecule has 1 N–H and O–H groups in total. The fourth-order valence-electron chi connectivity index (χ4n) is 1.58. The van der Waals surface area contributed by atoms with E-state index in [4.69, 9.17) is 4.74 Å². The number of methoxy groups -OCH3 is 1. The Bertz CT molecular complexity index is 495. The summed E-state index contributed by atoms with van der Waals surface area (Å²) < 4.78 is 27.7. The van der Waals surface area contributed by atoms with Crippen LogP contribution in [0, 0.1) is 5.92 Å². The van der Waals surface area contributed by atoms with Crippen molar-refractivity contribution in [1.82, 2.24) is 10.3 Å². The number of nitrogens with one attached hydrogen (secondary N) is 1. The van der Waals surface area contributed by atoms with Crippen molar-refractivity contribution in [3.8, 4) is 0 Å². The molecule has 0 aromatic carbocycles. The minimum atomic E-state index is -3.04. The molecule has 0 aliphatic carbocycles. The highest BCUT2D eigenvalue weighted by Crippen LogP contribution is 2.21. The van der Waals surface area contributed by atoms with Gasteiger partial charge in [0.15, 0.2) is 9.84 Å². The van der Waals surface area contributed by atoms with Crippen molar-refractivity contribution >= 4 is 21.2 Å². The van der Waals surface area contributed by atoms with Gasteiger partial charge in [0.2, 0.25) is 0 Å². The largest absolute Gasteiger partial charge is 0.378 e. The maximum absolute atomic E-state index is 11.3. The van der Waals surface area contributed by atoms with Gasteiger partial charge in [-0.25, -0.2) is 13.4 Å². The van der Waals surface area contributed by atoms with Crippen molar-refractivity contribution in [2.75, 3.05) is 19.9 Å². The van der Waals surface area contributed by atoms with E-state index in [2.05, 4.69) is 24.1 Å². The summed E-state index contributed by atoms with van der Waals surface area (Å²) in [6.07, 6.45) is 1.22. The van der Waals surface area contributed by atoms with Crippen molar-refractivity contribution in [2.45, 2.75) is 32.8 Å². The molecule has 1 rings (SSSR count). The molecule has 0 amide bonds.